The Morgan fingerprint density at radius 1 is 1.35 bits per heavy atom. The van der Waals surface area contributed by atoms with Gasteiger partial charge in [-0.3, -0.25) is 0 Å². The average Bonchev–Trinajstić information content (AvgIpc) is 2.83. The number of halogens is 2. The summed E-state index contributed by atoms with van der Waals surface area (Å²) in [7, 11) is 0. The molecule has 4 heteroatoms. The second-order valence-electron chi connectivity index (χ2n) is 3.72. The molecule has 0 fully saturated rings. The lowest BCUT2D eigenvalue weighted by Gasteiger charge is -2.17. The zero-order chi connectivity index (χ0) is 12.3. The van der Waals surface area contributed by atoms with E-state index in [4.69, 9.17) is 16.0 Å². The summed E-state index contributed by atoms with van der Waals surface area (Å²) in [6.45, 7) is 2.81. The van der Waals surface area contributed by atoms with Gasteiger partial charge >= 0.3 is 0 Å². The summed E-state index contributed by atoms with van der Waals surface area (Å²) < 4.78 is 18.2. The van der Waals surface area contributed by atoms with Gasteiger partial charge in [-0.25, -0.2) is 4.39 Å². The van der Waals surface area contributed by atoms with Crippen LogP contribution < -0.4 is 5.32 Å². The van der Waals surface area contributed by atoms with E-state index in [9.17, 15) is 4.39 Å². The second-order valence-corrected chi connectivity index (χ2v) is 4.13. The van der Waals surface area contributed by atoms with Gasteiger partial charge in [-0.15, -0.1) is 0 Å². The van der Waals surface area contributed by atoms with E-state index in [1.807, 2.05) is 13.0 Å². The Bertz CT molecular complexity index is 484. The molecule has 0 saturated heterocycles. The fourth-order valence-electron chi connectivity index (χ4n) is 1.76. The largest absolute Gasteiger partial charge is 0.472 e. The number of rotatable bonds is 4. The maximum atomic E-state index is 13.1. The maximum Gasteiger partial charge on any atom is 0.141 e. The highest BCUT2D eigenvalue weighted by molar-refractivity contribution is 6.30. The molecule has 1 N–H and O–H groups in total. The zero-order valence-electron chi connectivity index (χ0n) is 9.41. The molecular weight excluding hydrogens is 241 g/mol. The average molecular weight is 254 g/mol. The van der Waals surface area contributed by atoms with Gasteiger partial charge in [-0.05, 0) is 30.3 Å². The number of benzene rings is 1. The van der Waals surface area contributed by atoms with Crippen LogP contribution in [-0.4, -0.2) is 6.54 Å². The Labute approximate surface area is 104 Å². The molecule has 0 saturated carbocycles. The van der Waals surface area contributed by atoms with Crippen LogP contribution >= 0.6 is 11.6 Å². The van der Waals surface area contributed by atoms with Crippen molar-refractivity contribution in [2.24, 2.45) is 0 Å². The molecule has 1 aromatic carbocycles. The van der Waals surface area contributed by atoms with Crippen LogP contribution in [0.5, 0.6) is 0 Å². The van der Waals surface area contributed by atoms with Crippen LogP contribution in [0.25, 0.3) is 0 Å². The van der Waals surface area contributed by atoms with Crippen LogP contribution in [0.15, 0.2) is 41.2 Å². The molecule has 0 radical (unpaired) electrons. The summed E-state index contributed by atoms with van der Waals surface area (Å²) in [5.41, 5.74) is 1.91. The molecule has 1 heterocycles. The van der Waals surface area contributed by atoms with Crippen molar-refractivity contribution in [2.45, 2.75) is 13.0 Å². The SMILES string of the molecule is CCNC(c1ccoc1)c1ccc(F)c(Cl)c1. The summed E-state index contributed by atoms with van der Waals surface area (Å²) in [4.78, 5) is 0. The lowest BCUT2D eigenvalue weighted by Crippen LogP contribution is -2.21. The fraction of sp³-hybridized carbons (Fsp3) is 0.231. The number of hydrogen-bond donors (Lipinski definition) is 1. The first kappa shape index (κ1) is 12.1. The van der Waals surface area contributed by atoms with Gasteiger partial charge in [0.25, 0.3) is 0 Å². The summed E-state index contributed by atoms with van der Waals surface area (Å²) in [5, 5.41) is 3.44. The third kappa shape index (κ3) is 2.68. The maximum absolute atomic E-state index is 13.1. The first-order valence-electron chi connectivity index (χ1n) is 5.42. The van der Waals surface area contributed by atoms with Crippen LogP contribution in [0.2, 0.25) is 5.02 Å². The molecule has 0 aliphatic heterocycles. The Morgan fingerprint density at radius 3 is 2.76 bits per heavy atom. The molecule has 0 aliphatic rings. The predicted octanol–water partition coefficient (Wildman–Crippen LogP) is 3.77. The Morgan fingerprint density at radius 2 is 2.18 bits per heavy atom. The van der Waals surface area contributed by atoms with Crippen molar-refractivity contribution in [1.82, 2.24) is 5.32 Å². The van der Waals surface area contributed by atoms with E-state index in [0.29, 0.717) is 0 Å². The molecule has 0 bridgehead atoms. The minimum absolute atomic E-state index is 0.0307. The van der Waals surface area contributed by atoms with Crippen molar-refractivity contribution in [3.05, 3.63) is 58.8 Å². The van der Waals surface area contributed by atoms with E-state index in [-0.39, 0.29) is 11.1 Å². The second kappa shape index (κ2) is 5.34. The number of nitrogens with one attached hydrogen (secondary N) is 1. The number of hydrogen-bond acceptors (Lipinski definition) is 2. The standard InChI is InChI=1S/C13H13ClFNO/c1-2-16-13(10-5-6-17-8-10)9-3-4-12(15)11(14)7-9/h3-8,13,16H,2H2,1H3. The quantitative estimate of drug-likeness (QED) is 0.897. The summed E-state index contributed by atoms with van der Waals surface area (Å²) in [5.74, 6) is -0.405. The van der Waals surface area contributed by atoms with Gasteiger partial charge in [-0.2, -0.15) is 0 Å². The fourth-order valence-corrected chi connectivity index (χ4v) is 1.95. The summed E-state index contributed by atoms with van der Waals surface area (Å²) in [6, 6.07) is 6.59. The monoisotopic (exact) mass is 253 g/mol. The molecule has 1 aromatic heterocycles. The van der Waals surface area contributed by atoms with E-state index in [0.717, 1.165) is 17.7 Å². The molecular formula is C13H13ClFNO. The Hall–Kier alpha value is -1.32. The van der Waals surface area contributed by atoms with Gasteiger partial charge in [0.2, 0.25) is 0 Å². The lowest BCUT2D eigenvalue weighted by molar-refractivity contribution is 0.552. The summed E-state index contributed by atoms with van der Waals surface area (Å²) in [6.07, 6.45) is 3.29. The molecule has 2 aromatic rings. The molecule has 17 heavy (non-hydrogen) atoms. The molecule has 2 nitrogen and oxygen atoms in total. The molecule has 90 valence electrons. The van der Waals surface area contributed by atoms with Crippen molar-refractivity contribution >= 4 is 11.6 Å². The molecule has 2 rings (SSSR count). The van der Waals surface area contributed by atoms with Gasteiger partial charge < -0.3 is 9.73 Å². The molecule has 1 atom stereocenters. The highest BCUT2D eigenvalue weighted by Gasteiger charge is 2.15. The number of furan rings is 1. The van der Waals surface area contributed by atoms with Crippen molar-refractivity contribution in [3.63, 3.8) is 0 Å². The van der Waals surface area contributed by atoms with E-state index >= 15 is 0 Å². The van der Waals surface area contributed by atoms with Gasteiger partial charge in [0, 0.05) is 5.56 Å². The van der Waals surface area contributed by atoms with Crippen molar-refractivity contribution in [3.8, 4) is 0 Å². The Kier molecular flexibility index (Phi) is 3.82. The van der Waals surface area contributed by atoms with Crippen LogP contribution in [0, 0.1) is 5.82 Å². The highest BCUT2D eigenvalue weighted by atomic mass is 35.5. The van der Waals surface area contributed by atoms with Gasteiger partial charge in [0.15, 0.2) is 0 Å². The van der Waals surface area contributed by atoms with Crippen LogP contribution in [0.1, 0.15) is 24.1 Å². The highest BCUT2D eigenvalue weighted by Crippen LogP contribution is 2.26. The van der Waals surface area contributed by atoms with Crippen molar-refractivity contribution in [1.29, 1.82) is 0 Å². The minimum Gasteiger partial charge on any atom is -0.472 e. The molecule has 0 aliphatic carbocycles. The normalized spacial score (nSPS) is 12.6. The van der Waals surface area contributed by atoms with Crippen LogP contribution in [-0.2, 0) is 0 Å². The first-order chi connectivity index (χ1) is 8.22. The third-order valence-corrected chi connectivity index (χ3v) is 2.85. The first-order valence-corrected chi connectivity index (χ1v) is 5.80. The van der Waals surface area contributed by atoms with E-state index in [1.165, 1.54) is 6.07 Å². The van der Waals surface area contributed by atoms with Gasteiger partial charge in [0.05, 0.1) is 23.6 Å². The summed E-state index contributed by atoms with van der Waals surface area (Å²) >= 11 is 5.79. The van der Waals surface area contributed by atoms with Crippen molar-refractivity contribution < 1.29 is 8.81 Å². The van der Waals surface area contributed by atoms with Crippen LogP contribution in [0.4, 0.5) is 4.39 Å². The van der Waals surface area contributed by atoms with Gasteiger partial charge in [0.1, 0.15) is 5.82 Å². The van der Waals surface area contributed by atoms with Gasteiger partial charge in [-0.1, -0.05) is 24.6 Å². The predicted molar refractivity (Wildman–Crippen MR) is 65.6 cm³/mol. The minimum atomic E-state index is -0.405. The molecule has 0 amide bonds. The van der Waals surface area contributed by atoms with E-state index in [2.05, 4.69) is 5.32 Å². The topological polar surface area (TPSA) is 25.2 Å². The Balaban J connectivity index is 2.35. The van der Waals surface area contributed by atoms with E-state index < -0.39 is 5.82 Å². The van der Waals surface area contributed by atoms with Crippen LogP contribution in [0.3, 0.4) is 0 Å². The lowest BCUT2D eigenvalue weighted by atomic mass is 10.0. The molecule has 0 spiro atoms. The third-order valence-electron chi connectivity index (χ3n) is 2.56. The van der Waals surface area contributed by atoms with Crippen molar-refractivity contribution in [2.75, 3.05) is 6.54 Å². The molecule has 1 unspecified atom stereocenters. The van der Waals surface area contributed by atoms with E-state index in [1.54, 1.807) is 24.7 Å². The smallest absolute Gasteiger partial charge is 0.141 e. The zero-order valence-corrected chi connectivity index (χ0v) is 10.2.